The Bertz CT molecular complexity index is 464. The van der Waals surface area contributed by atoms with Crippen LogP contribution in [0, 0.1) is 0 Å². The van der Waals surface area contributed by atoms with Crippen molar-refractivity contribution in [3.8, 4) is 0 Å². The van der Waals surface area contributed by atoms with Crippen LogP contribution in [0.3, 0.4) is 0 Å². The van der Waals surface area contributed by atoms with Crippen LogP contribution in [0.5, 0.6) is 0 Å². The fraction of sp³-hybridized carbons (Fsp3) is 0.222. The number of nitrogens with zero attached hydrogens (tertiary/aromatic N) is 2. The number of aromatic nitrogens is 3. The zero-order valence-corrected chi connectivity index (χ0v) is 7.40. The quantitative estimate of drug-likeness (QED) is 0.757. The molecule has 14 heavy (non-hydrogen) atoms. The molecule has 72 valence electrons. The number of nitrogens with one attached hydrogen (secondary N) is 1. The van der Waals surface area contributed by atoms with Crippen LogP contribution in [-0.2, 0) is 11.2 Å². The Kier molecular flexibility index (Phi) is 2.14. The second-order valence-electron chi connectivity index (χ2n) is 2.96. The van der Waals surface area contributed by atoms with Crippen molar-refractivity contribution >= 4 is 17.1 Å². The minimum absolute atomic E-state index is 0.115. The lowest BCUT2D eigenvalue weighted by atomic mass is 10.2. The van der Waals surface area contributed by atoms with E-state index in [9.17, 15) is 4.79 Å². The lowest BCUT2D eigenvalue weighted by Crippen LogP contribution is -1.97. The first-order valence-corrected chi connectivity index (χ1v) is 4.26. The van der Waals surface area contributed by atoms with Crippen molar-refractivity contribution < 1.29 is 9.90 Å². The van der Waals surface area contributed by atoms with Gasteiger partial charge < -0.3 is 10.1 Å². The summed E-state index contributed by atoms with van der Waals surface area (Å²) in [4.78, 5) is 21.5. The van der Waals surface area contributed by atoms with E-state index in [1.54, 1.807) is 18.6 Å². The van der Waals surface area contributed by atoms with Gasteiger partial charge in [0.25, 0.3) is 0 Å². The Morgan fingerprint density at radius 1 is 1.43 bits per heavy atom. The molecule has 0 aliphatic carbocycles. The van der Waals surface area contributed by atoms with Gasteiger partial charge >= 0.3 is 5.97 Å². The number of carboxylic acid groups (broad SMARTS) is 1. The van der Waals surface area contributed by atoms with Crippen molar-refractivity contribution in [1.29, 1.82) is 0 Å². The van der Waals surface area contributed by atoms with Crippen molar-refractivity contribution in [2.45, 2.75) is 12.8 Å². The van der Waals surface area contributed by atoms with Gasteiger partial charge in [-0.15, -0.1) is 0 Å². The van der Waals surface area contributed by atoms with E-state index in [4.69, 9.17) is 5.11 Å². The Labute approximate surface area is 79.8 Å². The van der Waals surface area contributed by atoms with Crippen molar-refractivity contribution in [1.82, 2.24) is 15.0 Å². The van der Waals surface area contributed by atoms with Crippen molar-refractivity contribution in [2.24, 2.45) is 0 Å². The molecule has 0 unspecified atom stereocenters. The molecular formula is C9H9N3O2. The first kappa shape index (κ1) is 8.68. The molecule has 0 saturated carbocycles. The molecule has 2 heterocycles. The Morgan fingerprint density at radius 3 is 3.00 bits per heavy atom. The van der Waals surface area contributed by atoms with Crippen LogP contribution in [0.4, 0.5) is 0 Å². The van der Waals surface area contributed by atoms with Gasteiger partial charge in [-0.05, 0) is 12.0 Å². The molecule has 5 nitrogen and oxygen atoms in total. The molecule has 0 aromatic carbocycles. The van der Waals surface area contributed by atoms with Crippen molar-refractivity contribution in [3.05, 3.63) is 24.2 Å². The number of aryl methyl sites for hydroxylation is 1. The third-order valence-electron chi connectivity index (χ3n) is 1.99. The summed E-state index contributed by atoms with van der Waals surface area (Å²) in [5.41, 5.74) is 2.36. The summed E-state index contributed by atoms with van der Waals surface area (Å²) in [6.45, 7) is 0. The van der Waals surface area contributed by atoms with Crippen molar-refractivity contribution in [2.75, 3.05) is 0 Å². The van der Waals surface area contributed by atoms with Gasteiger partial charge in [0.05, 0.1) is 0 Å². The SMILES string of the molecule is O=C(O)CCc1c[nH]c2nccnc12. The molecule has 5 heteroatoms. The zero-order chi connectivity index (χ0) is 9.97. The summed E-state index contributed by atoms with van der Waals surface area (Å²) in [6, 6.07) is 0. The number of aromatic amines is 1. The van der Waals surface area contributed by atoms with Gasteiger partial charge in [0.1, 0.15) is 5.52 Å². The molecule has 0 saturated heterocycles. The highest BCUT2D eigenvalue weighted by atomic mass is 16.4. The van der Waals surface area contributed by atoms with E-state index in [0.29, 0.717) is 12.1 Å². The molecule has 0 fully saturated rings. The minimum Gasteiger partial charge on any atom is -0.481 e. The summed E-state index contributed by atoms with van der Waals surface area (Å²) in [6.07, 6.45) is 5.55. The first-order chi connectivity index (χ1) is 6.77. The van der Waals surface area contributed by atoms with E-state index in [1.807, 2.05) is 0 Å². The lowest BCUT2D eigenvalue weighted by Gasteiger charge is -1.93. The van der Waals surface area contributed by atoms with Gasteiger partial charge in [-0.2, -0.15) is 0 Å². The number of fused-ring (bicyclic) bond motifs is 1. The second-order valence-corrected chi connectivity index (χ2v) is 2.96. The highest BCUT2D eigenvalue weighted by Gasteiger charge is 2.06. The molecule has 2 N–H and O–H groups in total. The molecule has 0 spiro atoms. The Balaban J connectivity index is 2.29. The molecule has 0 aliphatic heterocycles. The summed E-state index contributed by atoms with van der Waals surface area (Å²) < 4.78 is 0. The molecular weight excluding hydrogens is 182 g/mol. The standard InChI is InChI=1S/C9H9N3O2/c13-7(14)2-1-6-5-12-9-8(6)10-3-4-11-9/h3-5H,1-2H2,(H,11,12)(H,13,14). The van der Waals surface area contributed by atoms with Crippen LogP contribution in [0.1, 0.15) is 12.0 Å². The summed E-state index contributed by atoms with van der Waals surface area (Å²) in [7, 11) is 0. The van der Waals surface area contributed by atoms with E-state index >= 15 is 0 Å². The predicted octanol–water partition coefficient (Wildman–Crippen LogP) is 0.975. The number of carboxylic acids is 1. The molecule has 0 bridgehead atoms. The smallest absolute Gasteiger partial charge is 0.303 e. The number of aliphatic carboxylic acids is 1. The van der Waals surface area contributed by atoms with E-state index in [0.717, 1.165) is 11.1 Å². The topological polar surface area (TPSA) is 78.9 Å². The largest absolute Gasteiger partial charge is 0.481 e. The van der Waals surface area contributed by atoms with Gasteiger partial charge in [-0.3, -0.25) is 9.78 Å². The maximum atomic E-state index is 10.4. The normalized spacial score (nSPS) is 10.6. The highest BCUT2D eigenvalue weighted by molar-refractivity contribution is 5.75. The van der Waals surface area contributed by atoms with E-state index in [-0.39, 0.29) is 6.42 Å². The monoisotopic (exact) mass is 191 g/mol. The number of H-pyrrole nitrogens is 1. The van der Waals surface area contributed by atoms with Gasteiger partial charge in [0.15, 0.2) is 5.65 Å². The molecule has 2 aromatic rings. The Morgan fingerprint density at radius 2 is 2.21 bits per heavy atom. The third kappa shape index (κ3) is 1.56. The average molecular weight is 191 g/mol. The highest BCUT2D eigenvalue weighted by Crippen LogP contribution is 2.14. The number of rotatable bonds is 3. The van der Waals surface area contributed by atoms with Crippen LogP contribution >= 0.6 is 0 Å². The first-order valence-electron chi connectivity index (χ1n) is 4.26. The fourth-order valence-electron chi connectivity index (χ4n) is 1.33. The number of hydrogen-bond acceptors (Lipinski definition) is 3. The van der Waals surface area contributed by atoms with Gasteiger partial charge in [0.2, 0.25) is 0 Å². The molecule has 2 aromatic heterocycles. The number of hydrogen-bond donors (Lipinski definition) is 2. The van der Waals surface area contributed by atoms with E-state index in [2.05, 4.69) is 15.0 Å². The van der Waals surface area contributed by atoms with Crippen LogP contribution < -0.4 is 0 Å². The van der Waals surface area contributed by atoms with Gasteiger partial charge in [-0.25, -0.2) is 4.98 Å². The second kappa shape index (κ2) is 3.45. The maximum Gasteiger partial charge on any atom is 0.303 e. The summed E-state index contributed by atoms with van der Waals surface area (Å²) in [5.74, 6) is -0.803. The fourth-order valence-corrected chi connectivity index (χ4v) is 1.33. The van der Waals surface area contributed by atoms with Crippen LogP contribution in [0.15, 0.2) is 18.6 Å². The van der Waals surface area contributed by atoms with Crippen LogP contribution in [0.25, 0.3) is 11.2 Å². The van der Waals surface area contributed by atoms with Crippen LogP contribution in [0.2, 0.25) is 0 Å². The lowest BCUT2D eigenvalue weighted by molar-refractivity contribution is -0.136. The maximum absolute atomic E-state index is 10.4. The Hall–Kier alpha value is -1.91. The van der Waals surface area contributed by atoms with Gasteiger partial charge in [0, 0.05) is 25.0 Å². The predicted molar refractivity (Wildman–Crippen MR) is 49.8 cm³/mol. The van der Waals surface area contributed by atoms with E-state index in [1.165, 1.54) is 0 Å². The van der Waals surface area contributed by atoms with Crippen LogP contribution in [-0.4, -0.2) is 26.0 Å². The molecule has 2 rings (SSSR count). The summed E-state index contributed by atoms with van der Waals surface area (Å²) >= 11 is 0. The minimum atomic E-state index is -0.803. The molecule has 0 radical (unpaired) electrons. The molecule has 0 atom stereocenters. The van der Waals surface area contributed by atoms with Crippen molar-refractivity contribution in [3.63, 3.8) is 0 Å². The van der Waals surface area contributed by atoms with E-state index < -0.39 is 5.97 Å². The third-order valence-corrected chi connectivity index (χ3v) is 1.99. The summed E-state index contributed by atoms with van der Waals surface area (Å²) in [5, 5.41) is 8.54. The van der Waals surface area contributed by atoms with Gasteiger partial charge in [-0.1, -0.05) is 0 Å². The number of carbonyl (C=O) groups is 1. The average Bonchev–Trinajstić information content (AvgIpc) is 2.58. The molecule has 0 aliphatic rings. The zero-order valence-electron chi connectivity index (χ0n) is 7.40. The molecule has 0 amide bonds.